The van der Waals surface area contributed by atoms with Crippen LogP contribution in [0.5, 0.6) is 0 Å². The van der Waals surface area contributed by atoms with Gasteiger partial charge in [0.15, 0.2) is 0 Å². The normalized spacial score (nSPS) is 10.8. The Hall–Kier alpha value is -0.970. The van der Waals surface area contributed by atoms with Crippen molar-refractivity contribution in [3.05, 3.63) is 27.7 Å². The molecule has 0 spiro atoms. The maximum absolute atomic E-state index is 10.6. The third-order valence-electron chi connectivity index (χ3n) is 2.75. The van der Waals surface area contributed by atoms with E-state index in [2.05, 4.69) is 0 Å². The van der Waals surface area contributed by atoms with Crippen molar-refractivity contribution in [2.24, 2.45) is 0 Å². The number of carbonyl (C=O) groups is 1. The van der Waals surface area contributed by atoms with E-state index in [4.69, 9.17) is 28.3 Å². The average Bonchev–Trinajstić information content (AvgIpc) is 2.29. The Kier molecular flexibility index (Phi) is 5.91. The number of halogens is 2. The van der Waals surface area contributed by atoms with Gasteiger partial charge >= 0.3 is 5.97 Å². The molecule has 0 aromatic heterocycles. The summed E-state index contributed by atoms with van der Waals surface area (Å²) in [4.78, 5) is 14.4. The van der Waals surface area contributed by atoms with E-state index < -0.39 is 5.97 Å². The van der Waals surface area contributed by atoms with Gasteiger partial charge in [-0.15, -0.1) is 0 Å². The summed E-state index contributed by atoms with van der Waals surface area (Å²) in [6, 6.07) is 3.56. The lowest BCUT2D eigenvalue weighted by atomic mass is 10.1. The van der Waals surface area contributed by atoms with Crippen molar-refractivity contribution in [2.75, 3.05) is 32.6 Å². The molecule has 1 N–H and O–H groups in total. The summed E-state index contributed by atoms with van der Waals surface area (Å²) in [6.45, 7) is 1.05. The molecule has 0 bridgehead atoms. The third kappa shape index (κ3) is 4.90. The molecule has 106 valence electrons. The highest BCUT2D eigenvalue weighted by molar-refractivity contribution is 6.35. The molecule has 0 amide bonds. The number of hydrogen-bond acceptors (Lipinski definition) is 3. The zero-order valence-electron chi connectivity index (χ0n) is 11.3. The summed E-state index contributed by atoms with van der Waals surface area (Å²) < 4.78 is 0. The molecule has 19 heavy (non-hydrogen) atoms. The molecule has 0 aliphatic carbocycles. The molecule has 1 rings (SSSR count). The van der Waals surface area contributed by atoms with Gasteiger partial charge in [0.1, 0.15) is 0 Å². The molecule has 0 saturated heterocycles. The van der Waals surface area contributed by atoms with Gasteiger partial charge in [-0.3, -0.25) is 4.79 Å². The molecule has 4 nitrogen and oxygen atoms in total. The minimum Gasteiger partial charge on any atom is -0.481 e. The zero-order chi connectivity index (χ0) is 14.6. The second-order valence-electron chi connectivity index (χ2n) is 4.66. The van der Waals surface area contributed by atoms with Crippen molar-refractivity contribution in [2.45, 2.75) is 13.0 Å². The van der Waals surface area contributed by atoms with E-state index in [1.54, 1.807) is 6.07 Å². The van der Waals surface area contributed by atoms with Crippen LogP contribution in [-0.4, -0.2) is 43.7 Å². The Morgan fingerprint density at radius 1 is 1.26 bits per heavy atom. The Labute approximate surface area is 123 Å². The van der Waals surface area contributed by atoms with Crippen LogP contribution in [-0.2, 0) is 11.3 Å². The predicted octanol–water partition coefficient (Wildman–Crippen LogP) is 2.97. The van der Waals surface area contributed by atoms with E-state index >= 15 is 0 Å². The van der Waals surface area contributed by atoms with Crippen molar-refractivity contribution in [1.29, 1.82) is 0 Å². The quantitative estimate of drug-likeness (QED) is 0.877. The number of benzene rings is 1. The maximum atomic E-state index is 10.6. The van der Waals surface area contributed by atoms with Gasteiger partial charge in [-0.1, -0.05) is 23.2 Å². The monoisotopic (exact) mass is 304 g/mol. The first-order chi connectivity index (χ1) is 8.81. The molecule has 1 aromatic rings. The number of anilines is 1. The van der Waals surface area contributed by atoms with Gasteiger partial charge in [-0.25, -0.2) is 0 Å². The molecule has 0 fully saturated rings. The van der Waals surface area contributed by atoms with Crippen LogP contribution in [0.3, 0.4) is 0 Å². The first-order valence-electron chi connectivity index (χ1n) is 5.87. The van der Waals surface area contributed by atoms with Crippen molar-refractivity contribution < 1.29 is 9.90 Å². The first kappa shape index (κ1) is 16.1. The zero-order valence-corrected chi connectivity index (χ0v) is 12.8. The summed E-state index contributed by atoms with van der Waals surface area (Å²) >= 11 is 12.2. The average molecular weight is 305 g/mol. The van der Waals surface area contributed by atoms with E-state index in [0.717, 1.165) is 11.3 Å². The minimum atomic E-state index is -0.804. The van der Waals surface area contributed by atoms with Gasteiger partial charge in [0.25, 0.3) is 0 Å². The smallest absolute Gasteiger partial charge is 0.304 e. The fourth-order valence-electron chi connectivity index (χ4n) is 1.78. The van der Waals surface area contributed by atoms with Crippen molar-refractivity contribution >= 4 is 34.9 Å². The van der Waals surface area contributed by atoms with Crippen LogP contribution in [0, 0.1) is 0 Å². The van der Waals surface area contributed by atoms with Crippen molar-refractivity contribution in [3.8, 4) is 0 Å². The van der Waals surface area contributed by atoms with Crippen LogP contribution in [0.1, 0.15) is 12.0 Å². The highest BCUT2D eigenvalue weighted by Gasteiger charge is 2.13. The number of rotatable bonds is 6. The van der Waals surface area contributed by atoms with Crippen LogP contribution in [0.25, 0.3) is 0 Å². The van der Waals surface area contributed by atoms with Crippen molar-refractivity contribution in [3.63, 3.8) is 0 Å². The largest absolute Gasteiger partial charge is 0.481 e. The lowest BCUT2D eigenvalue weighted by molar-refractivity contribution is -0.137. The van der Waals surface area contributed by atoms with Crippen LogP contribution >= 0.6 is 23.2 Å². The Morgan fingerprint density at radius 2 is 1.89 bits per heavy atom. The van der Waals surface area contributed by atoms with E-state index in [1.807, 2.05) is 37.0 Å². The number of nitrogens with zero attached hydrogens (tertiary/aromatic N) is 2. The Balaban J connectivity index is 2.90. The van der Waals surface area contributed by atoms with E-state index in [1.165, 1.54) is 0 Å². The summed E-state index contributed by atoms with van der Waals surface area (Å²) in [6.07, 6.45) is 0.110. The maximum Gasteiger partial charge on any atom is 0.304 e. The molecule has 0 radical (unpaired) electrons. The summed E-state index contributed by atoms with van der Waals surface area (Å²) in [7, 11) is 5.71. The Morgan fingerprint density at radius 3 is 2.42 bits per heavy atom. The first-order valence-corrected chi connectivity index (χ1v) is 6.62. The fourth-order valence-corrected chi connectivity index (χ4v) is 2.32. The van der Waals surface area contributed by atoms with Gasteiger partial charge in [0.05, 0.1) is 6.42 Å². The van der Waals surface area contributed by atoms with Crippen LogP contribution in [0.15, 0.2) is 12.1 Å². The molecule has 6 heteroatoms. The van der Waals surface area contributed by atoms with Gasteiger partial charge < -0.3 is 14.9 Å². The summed E-state index contributed by atoms with van der Waals surface area (Å²) in [5.41, 5.74) is 1.89. The van der Waals surface area contributed by atoms with E-state index in [-0.39, 0.29) is 6.42 Å². The number of carboxylic acids is 1. The van der Waals surface area contributed by atoms with Crippen LogP contribution < -0.4 is 4.90 Å². The summed E-state index contributed by atoms with van der Waals surface area (Å²) in [5.74, 6) is -0.804. The van der Waals surface area contributed by atoms with Gasteiger partial charge in [-0.2, -0.15) is 0 Å². The SMILES string of the molecule is CN(CCC(=O)O)Cc1c(Cl)cc(Cl)cc1N(C)C. The molecule has 0 aliphatic rings. The van der Waals surface area contributed by atoms with Crippen LogP contribution in [0.4, 0.5) is 5.69 Å². The molecule has 0 unspecified atom stereocenters. The Bertz CT molecular complexity index is 464. The second kappa shape index (κ2) is 6.98. The molecule has 1 aromatic carbocycles. The van der Waals surface area contributed by atoms with Gasteiger partial charge in [-0.05, 0) is 19.2 Å². The topological polar surface area (TPSA) is 43.8 Å². The molecular formula is C13H18Cl2N2O2. The number of carboxylic acid groups (broad SMARTS) is 1. The van der Waals surface area contributed by atoms with Crippen LogP contribution in [0.2, 0.25) is 10.0 Å². The number of hydrogen-bond donors (Lipinski definition) is 1. The predicted molar refractivity (Wildman–Crippen MR) is 79.4 cm³/mol. The van der Waals surface area contributed by atoms with Gasteiger partial charge in [0, 0.05) is 48.5 Å². The molecule has 0 heterocycles. The van der Waals surface area contributed by atoms with Crippen molar-refractivity contribution in [1.82, 2.24) is 4.90 Å². The summed E-state index contributed by atoms with van der Waals surface area (Å²) in [5, 5.41) is 9.87. The second-order valence-corrected chi connectivity index (χ2v) is 5.50. The molecule has 0 aliphatic heterocycles. The lowest BCUT2D eigenvalue weighted by Crippen LogP contribution is -2.23. The molecule has 0 atom stereocenters. The fraction of sp³-hybridized carbons (Fsp3) is 0.462. The minimum absolute atomic E-state index is 0.110. The van der Waals surface area contributed by atoms with E-state index in [9.17, 15) is 4.79 Å². The standard InChI is InChI=1S/C13H18Cl2N2O2/c1-16(2)12-7-9(14)6-11(15)10(12)8-17(3)5-4-13(18)19/h6-7H,4-5,8H2,1-3H3,(H,18,19). The third-order valence-corrected chi connectivity index (χ3v) is 3.31. The van der Waals surface area contributed by atoms with Gasteiger partial charge in [0.2, 0.25) is 0 Å². The lowest BCUT2D eigenvalue weighted by Gasteiger charge is -2.23. The number of aliphatic carboxylic acids is 1. The van der Waals surface area contributed by atoms with E-state index in [0.29, 0.717) is 23.1 Å². The highest BCUT2D eigenvalue weighted by atomic mass is 35.5. The molecule has 0 saturated carbocycles. The molecular weight excluding hydrogens is 287 g/mol. The highest BCUT2D eigenvalue weighted by Crippen LogP contribution is 2.31.